The van der Waals surface area contributed by atoms with Crippen molar-refractivity contribution in [2.75, 3.05) is 4.72 Å². The topological polar surface area (TPSA) is 46.2 Å². The van der Waals surface area contributed by atoms with Gasteiger partial charge in [0.25, 0.3) is 10.0 Å². The van der Waals surface area contributed by atoms with Crippen molar-refractivity contribution in [1.29, 1.82) is 0 Å². The molecule has 2 rings (SSSR count). The Morgan fingerprint density at radius 3 is 2.38 bits per heavy atom. The van der Waals surface area contributed by atoms with Crippen LogP contribution in [0.3, 0.4) is 0 Å². The van der Waals surface area contributed by atoms with Gasteiger partial charge in [-0.15, -0.1) is 11.3 Å². The van der Waals surface area contributed by atoms with E-state index in [1.165, 1.54) is 18.2 Å². The lowest BCUT2D eigenvalue weighted by Crippen LogP contribution is -2.16. The molecule has 0 fully saturated rings. The molecule has 10 heteroatoms. The molecule has 0 saturated heterocycles. The Hall–Kier alpha value is -0.770. The van der Waals surface area contributed by atoms with E-state index in [0.29, 0.717) is 9.85 Å². The predicted octanol–water partition coefficient (Wildman–Crippen LogP) is 4.98. The maximum Gasteiger partial charge on any atom is 0.418 e. The van der Waals surface area contributed by atoms with E-state index in [-0.39, 0.29) is 9.23 Å². The zero-order valence-electron chi connectivity index (χ0n) is 9.91. The van der Waals surface area contributed by atoms with Crippen LogP contribution < -0.4 is 4.72 Å². The van der Waals surface area contributed by atoms with E-state index in [0.717, 1.165) is 17.4 Å². The molecule has 1 aromatic heterocycles. The van der Waals surface area contributed by atoms with Crippen molar-refractivity contribution in [2.24, 2.45) is 0 Å². The molecule has 21 heavy (non-hydrogen) atoms. The quantitative estimate of drug-likeness (QED) is 0.761. The summed E-state index contributed by atoms with van der Waals surface area (Å²) in [5.74, 6) is 0. The summed E-state index contributed by atoms with van der Waals surface area (Å²) in [5.41, 5.74) is -1.72. The van der Waals surface area contributed by atoms with E-state index < -0.39 is 27.5 Å². The van der Waals surface area contributed by atoms with Crippen molar-refractivity contribution in [3.63, 3.8) is 0 Å². The minimum Gasteiger partial charge on any atom is -0.278 e. The van der Waals surface area contributed by atoms with E-state index in [4.69, 9.17) is 11.6 Å². The van der Waals surface area contributed by atoms with Crippen LogP contribution in [0.4, 0.5) is 18.9 Å². The molecule has 0 amide bonds. The second kappa shape index (κ2) is 5.79. The van der Waals surface area contributed by atoms with Gasteiger partial charge in [0, 0.05) is 5.02 Å². The smallest absolute Gasteiger partial charge is 0.278 e. The normalized spacial score (nSPS) is 12.4. The SMILES string of the molecule is O=S(=O)(Nc1ccc(Cl)cc1C(F)(F)F)c1ccc(Br)s1. The summed E-state index contributed by atoms with van der Waals surface area (Å²) < 4.78 is 65.2. The summed E-state index contributed by atoms with van der Waals surface area (Å²) in [6.45, 7) is 0. The summed E-state index contributed by atoms with van der Waals surface area (Å²) in [4.78, 5) is 0. The van der Waals surface area contributed by atoms with Gasteiger partial charge >= 0.3 is 6.18 Å². The highest BCUT2D eigenvalue weighted by atomic mass is 79.9. The molecule has 0 aliphatic heterocycles. The zero-order valence-corrected chi connectivity index (χ0v) is 13.9. The summed E-state index contributed by atoms with van der Waals surface area (Å²) in [6, 6.07) is 5.61. The second-order valence-corrected chi connectivity index (χ2v) is 8.66. The highest BCUT2D eigenvalue weighted by Crippen LogP contribution is 2.38. The van der Waals surface area contributed by atoms with Gasteiger partial charge in [-0.3, -0.25) is 4.72 Å². The van der Waals surface area contributed by atoms with Crippen LogP contribution in [-0.4, -0.2) is 8.42 Å². The molecule has 0 atom stereocenters. The van der Waals surface area contributed by atoms with Crippen LogP contribution in [0.25, 0.3) is 0 Å². The predicted molar refractivity (Wildman–Crippen MR) is 79.3 cm³/mol. The lowest BCUT2D eigenvalue weighted by atomic mass is 10.2. The third kappa shape index (κ3) is 3.91. The number of thiophene rings is 1. The Kier molecular flexibility index (Phi) is 4.57. The van der Waals surface area contributed by atoms with Crippen LogP contribution in [0.15, 0.2) is 38.3 Å². The summed E-state index contributed by atoms with van der Waals surface area (Å²) in [7, 11) is -4.09. The number of anilines is 1. The number of hydrogen-bond acceptors (Lipinski definition) is 3. The van der Waals surface area contributed by atoms with Crippen molar-refractivity contribution in [1.82, 2.24) is 0 Å². The average Bonchev–Trinajstić information content (AvgIpc) is 2.77. The fourth-order valence-electron chi connectivity index (χ4n) is 1.48. The number of halogens is 5. The number of rotatable bonds is 3. The molecule has 0 spiro atoms. The first-order valence-electron chi connectivity index (χ1n) is 5.24. The van der Waals surface area contributed by atoms with Gasteiger partial charge < -0.3 is 0 Å². The molecular formula is C11H6BrClF3NO2S2. The molecule has 0 aliphatic rings. The van der Waals surface area contributed by atoms with E-state index in [1.54, 1.807) is 0 Å². The van der Waals surface area contributed by atoms with Crippen molar-refractivity contribution in [2.45, 2.75) is 10.4 Å². The van der Waals surface area contributed by atoms with E-state index in [1.807, 2.05) is 4.72 Å². The van der Waals surface area contributed by atoms with E-state index in [9.17, 15) is 21.6 Å². The van der Waals surface area contributed by atoms with Crippen molar-refractivity contribution < 1.29 is 21.6 Å². The largest absolute Gasteiger partial charge is 0.418 e. The van der Waals surface area contributed by atoms with Crippen LogP contribution >= 0.6 is 38.9 Å². The number of sulfonamides is 1. The third-order valence-corrected chi connectivity index (χ3v) is 6.06. The van der Waals surface area contributed by atoms with Crippen molar-refractivity contribution in [3.8, 4) is 0 Å². The molecule has 1 heterocycles. The van der Waals surface area contributed by atoms with Crippen LogP contribution in [0, 0.1) is 0 Å². The van der Waals surface area contributed by atoms with E-state index >= 15 is 0 Å². The maximum absolute atomic E-state index is 12.9. The lowest BCUT2D eigenvalue weighted by molar-refractivity contribution is -0.136. The van der Waals surface area contributed by atoms with Gasteiger partial charge in [0.2, 0.25) is 0 Å². The van der Waals surface area contributed by atoms with Crippen LogP contribution in [0.5, 0.6) is 0 Å². The monoisotopic (exact) mass is 419 g/mol. The Morgan fingerprint density at radius 1 is 1.19 bits per heavy atom. The first kappa shape index (κ1) is 16.6. The van der Waals surface area contributed by atoms with Gasteiger partial charge in [0.05, 0.1) is 15.0 Å². The first-order valence-corrected chi connectivity index (χ1v) is 8.71. The summed E-state index contributed by atoms with van der Waals surface area (Å²) >= 11 is 9.52. The van der Waals surface area contributed by atoms with Crippen LogP contribution in [-0.2, 0) is 16.2 Å². The molecule has 0 saturated carbocycles. The van der Waals surface area contributed by atoms with Crippen LogP contribution in [0.1, 0.15) is 5.56 Å². The highest BCUT2D eigenvalue weighted by molar-refractivity contribution is 9.11. The van der Waals surface area contributed by atoms with Gasteiger partial charge in [-0.2, -0.15) is 13.2 Å². The van der Waals surface area contributed by atoms with Gasteiger partial charge in [-0.25, -0.2) is 8.42 Å². The van der Waals surface area contributed by atoms with Gasteiger partial charge in [-0.1, -0.05) is 11.6 Å². The molecule has 1 N–H and O–H groups in total. The number of nitrogens with one attached hydrogen (secondary N) is 1. The number of benzene rings is 1. The minimum atomic E-state index is -4.72. The molecule has 3 nitrogen and oxygen atoms in total. The first-order chi connectivity index (χ1) is 9.59. The number of alkyl halides is 3. The molecule has 1 aromatic carbocycles. The Bertz CT molecular complexity index is 774. The second-order valence-electron chi connectivity index (χ2n) is 3.85. The minimum absolute atomic E-state index is 0.0996. The zero-order chi connectivity index (χ0) is 15.8. The Morgan fingerprint density at radius 2 is 1.86 bits per heavy atom. The highest BCUT2D eigenvalue weighted by Gasteiger charge is 2.35. The molecule has 0 bridgehead atoms. The molecular weight excluding hydrogens is 415 g/mol. The molecule has 0 unspecified atom stereocenters. The molecule has 0 aliphatic carbocycles. The Balaban J connectivity index is 2.45. The number of hydrogen-bond donors (Lipinski definition) is 1. The average molecular weight is 421 g/mol. The molecule has 0 radical (unpaired) electrons. The lowest BCUT2D eigenvalue weighted by Gasteiger charge is -2.14. The van der Waals surface area contributed by atoms with E-state index in [2.05, 4.69) is 15.9 Å². The van der Waals surface area contributed by atoms with Gasteiger partial charge in [-0.05, 0) is 46.3 Å². The third-order valence-electron chi connectivity index (χ3n) is 2.34. The summed E-state index contributed by atoms with van der Waals surface area (Å²) in [6.07, 6.45) is -4.72. The van der Waals surface area contributed by atoms with Gasteiger partial charge in [0.15, 0.2) is 0 Å². The standard InChI is InChI=1S/C11H6BrClF3NO2S2/c12-9-3-4-10(20-9)21(18,19)17-8-2-1-6(13)5-7(8)11(14,15)16/h1-5,17H. The fourth-order valence-corrected chi connectivity index (χ4v) is 4.74. The maximum atomic E-state index is 12.9. The summed E-state index contributed by atoms with van der Waals surface area (Å²) in [5, 5.41) is -0.135. The van der Waals surface area contributed by atoms with Gasteiger partial charge in [0.1, 0.15) is 4.21 Å². The molecule has 114 valence electrons. The van der Waals surface area contributed by atoms with Crippen LogP contribution in [0.2, 0.25) is 5.02 Å². The van der Waals surface area contributed by atoms with Crippen molar-refractivity contribution >= 4 is 54.6 Å². The Labute approximate surface area is 135 Å². The van der Waals surface area contributed by atoms with Crippen molar-refractivity contribution in [3.05, 3.63) is 44.7 Å². The fraction of sp³-hybridized carbons (Fsp3) is 0.0909. The molecule has 2 aromatic rings.